The third-order valence-electron chi connectivity index (χ3n) is 4.88. The Morgan fingerprint density at radius 2 is 1.83 bits per heavy atom. The summed E-state index contributed by atoms with van der Waals surface area (Å²) in [5.41, 5.74) is 1.46. The number of benzene rings is 2. The van der Waals surface area contributed by atoms with E-state index >= 15 is 0 Å². The third-order valence-corrected chi connectivity index (χ3v) is 4.88. The van der Waals surface area contributed by atoms with Crippen molar-refractivity contribution in [2.45, 2.75) is 26.3 Å². The second-order valence-electron chi connectivity index (χ2n) is 7.27. The zero-order valence-corrected chi connectivity index (χ0v) is 17.7. The number of para-hydroxylation sites is 1. The van der Waals surface area contributed by atoms with Crippen LogP contribution in [-0.2, 0) is 0 Å². The summed E-state index contributed by atoms with van der Waals surface area (Å²) in [5.74, 6) is 1.52. The Morgan fingerprint density at radius 3 is 2.48 bits per heavy atom. The molecule has 0 spiro atoms. The van der Waals surface area contributed by atoms with Crippen molar-refractivity contribution >= 4 is 10.9 Å². The molecule has 2 aromatic carbocycles. The molecule has 0 saturated carbocycles. The van der Waals surface area contributed by atoms with Crippen LogP contribution in [0.5, 0.6) is 5.75 Å². The van der Waals surface area contributed by atoms with E-state index in [0.717, 1.165) is 42.3 Å². The van der Waals surface area contributed by atoms with E-state index in [4.69, 9.17) is 9.72 Å². The van der Waals surface area contributed by atoms with Gasteiger partial charge in [0.1, 0.15) is 11.6 Å². The Balaban J connectivity index is 2.11. The second-order valence-corrected chi connectivity index (χ2v) is 7.27. The Bertz CT molecular complexity index is 996. The Morgan fingerprint density at radius 1 is 1.10 bits per heavy atom. The average molecular weight is 395 g/mol. The van der Waals surface area contributed by atoms with Gasteiger partial charge in [-0.15, -0.1) is 0 Å². The molecule has 3 rings (SSSR count). The molecule has 1 N–H and O–H groups in total. The zero-order chi connectivity index (χ0) is 20.8. The smallest absolute Gasteiger partial charge is 0.266 e. The topological polar surface area (TPSA) is 59.4 Å². The lowest BCUT2D eigenvalue weighted by Crippen LogP contribution is -2.34. The number of nitrogens with zero attached hydrogens (tertiary/aromatic N) is 3. The molecule has 0 aliphatic carbocycles. The molecule has 0 amide bonds. The molecule has 0 fully saturated rings. The molecule has 0 unspecified atom stereocenters. The van der Waals surface area contributed by atoms with Crippen molar-refractivity contribution in [3.8, 4) is 11.4 Å². The van der Waals surface area contributed by atoms with Crippen molar-refractivity contribution in [2.75, 3.05) is 33.8 Å². The summed E-state index contributed by atoms with van der Waals surface area (Å²) in [4.78, 5) is 20.4. The van der Waals surface area contributed by atoms with Crippen LogP contribution >= 0.6 is 0 Å². The summed E-state index contributed by atoms with van der Waals surface area (Å²) in [6.45, 7) is 6.40. The van der Waals surface area contributed by atoms with Gasteiger partial charge in [-0.3, -0.25) is 9.36 Å². The molecule has 0 aliphatic rings. The van der Waals surface area contributed by atoms with E-state index in [2.05, 4.69) is 17.1 Å². The van der Waals surface area contributed by atoms with Crippen molar-refractivity contribution in [3.05, 3.63) is 64.7 Å². The number of fused-ring (bicyclic) bond motifs is 1. The molecule has 1 aromatic heterocycles. The number of rotatable bonds is 9. The second kappa shape index (κ2) is 9.67. The first kappa shape index (κ1) is 21.0. The number of nitrogens with one attached hydrogen (secondary N) is 1. The van der Waals surface area contributed by atoms with Crippen LogP contribution in [0.2, 0.25) is 0 Å². The number of likely N-dealkylation sites (N-methyl/N-ethyl adjacent to an activating group) is 1. The Labute approximate surface area is 172 Å². The van der Waals surface area contributed by atoms with Crippen LogP contribution in [-0.4, -0.2) is 48.2 Å². The van der Waals surface area contributed by atoms with Crippen LogP contribution in [0.15, 0.2) is 53.3 Å². The number of aromatic nitrogens is 2. The van der Waals surface area contributed by atoms with E-state index in [9.17, 15) is 4.79 Å². The first-order valence-electron chi connectivity index (χ1n) is 10.2. The molecule has 6 heteroatoms. The molecule has 154 valence electrons. The fourth-order valence-corrected chi connectivity index (χ4v) is 3.37. The molecule has 1 heterocycles. The van der Waals surface area contributed by atoms with E-state index in [1.807, 2.05) is 69.6 Å². The quantitative estimate of drug-likeness (QED) is 0.603. The first-order chi connectivity index (χ1) is 14.0. The molecular formula is C23H30N4O2. The largest absolute Gasteiger partial charge is 0.494 e. The van der Waals surface area contributed by atoms with E-state index in [1.54, 1.807) is 4.57 Å². The third kappa shape index (κ3) is 4.83. The van der Waals surface area contributed by atoms with Gasteiger partial charge in [-0.05, 0) is 63.8 Å². The molecule has 0 bridgehead atoms. The van der Waals surface area contributed by atoms with E-state index in [0.29, 0.717) is 12.0 Å². The Hall–Kier alpha value is -2.70. The van der Waals surface area contributed by atoms with Crippen molar-refractivity contribution < 1.29 is 4.74 Å². The van der Waals surface area contributed by atoms with Crippen molar-refractivity contribution in [1.82, 2.24) is 19.8 Å². The van der Waals surface area contributed by atoms with Gasteiger partial charge in [0.25, 0.3) is 5.56 Å². The lowest BCUT2D eigenvalue weighted by atomic mass is 10.1. The number of hydrogen-bond acceptors (Lipinski definition) is 5. The van der Waals surface area contributed by atoms with E-state index < -0.39 is 0 Å². The minimum Gasteiger partial charge on any atom is -0.494 e. The fraction of sp³-hybridized carbons (Fsp3) is 0.391. The fourth-order valence-electron chi connectivity index (χ4n) is 3.37. The van der Waals surface area contributed by atoms with Crippen molar-refractivity contribution in [3.63, 3.8) is 0 Å². The Kier molecular flexibility index (Phi) is 7.01. The highest BCUT2D eigenvalue weighted by Crippen LogP contribution is 2.22. The van der Waals surface area contributed by atoms with E-state index in [1.165, 1.54) is 0 Å². The van der Waals surface area contributed by atoms with Gasteiger partial charge in [0.05, 0.1) is 29.2 Å². The monoisotopic (exact) mass is 394 g/mol. The lowest BCUT2D eigenvalue weighted by molar-refractivity contribution is 0.340. The maximum atomic E-state index is 13.4. The van der Waals surface area contributed by atoms with Gasteiger partial charge in [-0.25, -0.2) is 4.98 Å². The first-order valence-corrected chi connectivity index (χ1v) is 10.2. The van der Waals surface area contributed by atoms with Crippen molar-refractivity contribution in [1.29, 1.82) is 0 Å². The summed E-state index contributed by atoms with van der Waals surface area (Å²) >= 11 is 0. The van der Waals surface area contributed by atoms with Crippen LogP contribution < -0.4 is 15.6 Å². The predicted octanol–water partition coefficient (Wildman–Crippen LogP) is 3.39. The van der Waals surface area contributed by atoms with Gasteiger partial charge in [0.15, 0.2) is 0 Å². The van der Waals surface area contributed by atoms with Gasteiger partial charge in [0.2, 0.25) is 0 Å². The van der Waals surface area contributed by atoms with Crippen LogP contribution in [0.3, 0.4) is 0 Å². The molecular weight excluding hydrogens is 364 g/mol. The van der Waals surface area contributed by atoms with Crippen LogP contribution in [0, 0.1) is 0 Å². The highest BCUT2D eigenvalue weighted by Gasteiger charge is 2.19. The maximum Gasteiger partial charge on any atom is 0.266 e. The summed E-state index contributed by atoms with van der Waals surface area (Å²) in [6, 6.07) is 15.1. The molecule has 3 aromatic rings. The van der Waals surface area contributed by atoms with Gasteiger partial charge < -0.3 is 15.0 Å². The molecule has 1 atom stereocenters. The normalized spacial score (nSPS) is 12.4. The van der Waals surface area contributed by atoms with Gasteiger partial charge in [-0.1, -0.05) is 19.1 Å². The minimum atomic E-state index is -0.0531. The molecule has 0 radical (unpaired) electrons. The summed E-state index contributed by atoms with van der Waals surface area (Å²) < 4.78 is 7.28. The standard InChI is InChI=1S/C23H30N4O2/c1-5-20(24-15-16-26(3)4)22-25-21-10-8-7-9-19(21)23(28)27(22)17-11-13-18(14-12-17)29-6-2/h7-14,20,24H,5-6,15-16H2,1-4H3/t20-/m1/s1. The van der Waals surface area contributed by atoms with Gasteiger partial charge >= 0.3 is 0 Å². The van der Waals surface area contributed by atoms with Crippen LogP contribution in [0.4, 0.5) is 0 Å². The van der Waals surface area contributed by atoms with Crippen molar-refractivity contribution in [2.24, 2.45) is 0 Å². The van der Waals surface area contributed by atoms with E-state index in [-0.39, 0.29) is 11.6 Å². The average Bonchev–Trinajstić information content (AvgIpc) is 2.72. The van der Waals surface area contributed by atoms with Gasteiger partial charge in [-0.2, -0.15) is 0 Å². The predicted molar refractivity (Wildman–Crippen MR) is 118 cm³/mol. The zero-order valence-electron chi connectivity index (χ0n) is 17.7. The SMILES string of the molecule is CCOc1ccc(-n2c([C@@H](CC)NCCN(C)C)nc3ccccc3c2=O)cc1. The number of ether oxygens (including phenoxy) is 1. The lowest BCUT2D eigenvalue weighted by Gasteiger charge is -2.22. The summed E-state index contributed by atoms with van der Waals surface area (Å²) in [6.07, 6.45) is 0.829. The summed E-state index contributed by atoms with van der Waals surface area (Å²) in [5, 5.41) is 4.18. The molecule has 0 aliphatic heterocycles. The van der Waals surface area contributed by atoms with Gasteiger partial charge in [0, 0.05) is 13.1 Å². The highest BCUT2D eigenvalue weighted by molar-refractivity contribution is 5.77. The molecule has 29 heavy (non-hydrogen) atoms. The minimum absolute atomic E-state index is 0.0289. The summed E-state index contributed by atoms with van der Waals surface area (Å²) in [7, 11) is 4.10. The maximum absolute atomic E-state index is 13.4. The molecule has 6 nitrogen and oxygen atoms in total. The molecule has 0 saturated heterocycles. The van der Waals surface area contributed by atoms with Crippen LogP contribution in [0.1, 0.15) is 32.1 Å². The number of hydrogen-bond donors (Lipinski definition) is 1. The van der Waals surface area contributed by atoms with Crippen LogP contribution in [0.25, 0.3) is 16.6 Å². The highest BCUT2D eigenvalue weighted by atomic mass is 16.5.